The second-order valence-corrected chi connectivity index (χ2v) is 30.6. The third-order valence-electron chi connectivity index (χ3n) is 24.0. The summed E-state index contributed by atoms with van der Waals surface area (Å²) in [7, 11) is 0. The van der Waals surface area contributed by atoms with Gasteiger partial charge in [0, 0.05) is 44.9 Å². The van der Waals surface area contributed by atoms with Crippen molar-refractivity contribution in [2.45, 2.75) is 79.1 Å². The summed E-state index contributed by atoms with van der Waals surface area (Å²) in [6.45, 7) is 16.2. The maximum Gasteiger partial charge on any atom is 0.292 e. The van der Waals surface area contributed by atoms with Crippen molar-refractivity contribution < 1.29 is 28.7 Å². The Morgan fingerprint density at radius 1 is 0.356 bits per heavy atom. The highest BCUT2D eigenvalue weighted by Crippen LogP contribution is 2.64. The van der Waals surface area contributed by atoms with Gasteiger partial charge in [-0.3, -0.25) is 19.2 Å². The van der Waals surface area contributed by atoms with Gasteiger partial charge in [-0.25, -0.2) is 14.6 Å². The predicted molar refractivity (Wildman–Crippen MR) is 420 cm³/mol. The molecule has 4 amide bonds. The number of carbonyl (C=O) groups excluding carboxylic acids is 5. The first-order chi connectivity index (χ1) is 50.5. The molecule has 13 aromatic carbocycles. The summed E-state index contributed by atoms with van der Waals surface area (Å²) in [5.74, 6) is -1.26. The minimum absolute atomic E-state index is 0.0439. The second-order valence-electron chi connectivity index (χ2n) is 30.6. The molecule has 0 saturated heterocycles. The highest BCUT2D eigenvalue weighted by molar-refractivity contribution is 6.44. The molecular weight excluding hydrogens is 1280 g/mol. The number of nitrogens with zero attached hydrogens (tertiary/aromatic N) is 4. The van der Waals surface area contributed by atoms with Crippen LogP contribution in [0.5, 0.6) is 5.75 Å². The predicted octanol–water partition coefficient (Wildman–Crippen LogP) is 22.9. The van der Waals surface area contributed by atoms with Gasteiger partial charge in [0.1, 0.15) is 5.75 Å². The van der Waals surface area contributed by atoms with Crippen LogP contribution in [0.15, 0.2) is 175 Å². The number of anilines is 2. The number of benzene rings is 13. The molecule has 0 radical (unpaired) electrons. The van der Waals surface area contributed by atoms with Crippen LogP contribution in [0.25, 0.3) is 144 Å². The number of nitriles is 1. The molecule has 494 valence electrons. The monoisotopic (exact) mass is 1340 g/mol. The Morgan fingerprint density at radius 2 is 0.654 bits per heavy atom. The summed E-state index contributed by atoms with van der Waals surface area (Å²) in [6, 6.07) is 51.1. The van der Waals surface area contributed by atoms with Gasteiger partial charge < -0.3 is 4.74 Å². The van der Waals surface area contributed by atoms with Crippen LogP contribution in [0.4, 0.5) is 17.1 Å². The average molecular weight is 1340 g/mol. The second kappa shape index (κ2) is 21.0. The van der Waals surface area contributed by atoms with Crippen LogP contribution in [0.2, 0.25) is 0 Å². The number of amides is 4. The van der Waals surface area contributed by atoms with Gasteiger partial charge in [0.2, 0.25) is 6.08 Å². The van der Waals surface area contributed by atoms with E-state index in [0.717, 1.165) is 98.7 Å². The average Bonchev–Trinajstić information content (AvgIpc) is 1.42. The topological polar surface area (TPSA) is 137 Å². The molecule has 0 fully saturated rings. The van der Waals surface area contributed by atoms with Crippen LogP contribution in [0.1, 0.15) is 187 Å². The molecule has 0 spiro atoms. The smallest absolute Gasteiger partial charge is 0.292 e. The Kier molecular flexibility index (Phi) is 12.1. The number of rotatable bonds is 8. The Hall–Kier alpha value is -12.7. The molecule has 10 nitrogen and oxygen atoms in total. The fourth-order valence-corrected chi connectivity index (χ4v) is 19.4. The molecule has 10 heteroatoms. The van der Waals surface area contributed by atoms with Gasteiger partial charge in [-0.2, -0.15) is 4.99 Å². The number of allylic oxidation sites excluding steroid dienone is 8. The number of aliphatic imine (C=N–C) groups is 1. The summed E-state index contributed by atoms with van der Waals surface area (Å²) >= 11 is 0. The summed E-state index contributed by atoms with van der Waals surface area (Å²) < 4.78 is 5.35. The lowest BCUT2D eigenvalue weighted by molar-refractivity contribution is 0.0877. The quantitative estimate of drug-likeness (QED) is 0.0369. The van der Waals surface area contributed by atoms with Crippen molar-refractivity contribution in [1.82, 2.24) is 0 Å². The lowest BCUT2D eigenvalue weighted by atomic mass is 9.62. The molecular formula is C94H62N4O6. The molecule has 0 unspecified atom stereocenters. The summed E-state index contributed by atoms with van der Waals surface area (Å²) in [5.41, 5.74) is 25.5. The molecule has 0 N–H and O–H groups in total. The summed E-state index contributed by atoms with van der Waals surface area (Å²) in [4.78, 5) is 78.6. The molecule has 13 aromatic rings. The number of hydrogen-bond donors (Lipinski definition) is 0. The number of carbonyl (C=O) groups is 4. The van der Waals surface area contributed by atoms with E-state index >= 15 is 19.2 Å². The molecule has 2 heterocycles. The van der Waals surface area contributed by atoms with Gasteiger partial charge in [-0.05, 0) is 297 Å². The number of fused-ring (bicyclic) bond motifs is 14. The number of isocyanates is 1. The van der Waals surface area contributed by atoms with Crippen LogP contribution < -0.4 is 14.5 Å². The molecule has 104 heavy (non-hydrogen) atoms. The first-order valence-corrected chi connectivity index (χ1v) is 36.0. The van der Waals surface area contributed by atoms with Crippen LogP contribution in [0.3, 0.4) is 0 Å². The van der Waals surface area contributed by atoms with Gasteiger partial charge in [0.05, 0.1) is 17.1 Å². The normalized spacial score (nSPS) is 16.8. The molecule has 0 aromatic heterocycles. The Balaban J connectivity index is 0.615. The fraction of sp³-hybridized carbons (Fsp3) is 0.149. The van der Waals surface area contributed by atoms with Crippen molar-refractivity contribution in [2.24, 2.45) is 16.8 Å². The van der Waals surface area contributed by atoms with E-state index in [1.807, 2.05) is 79.7 Å². The molecule has 0 saturated carbocycles. The zero-order valence-corrected chi connectivity index (χ0v) is 58.2. The van der Waals surface area contributed by atoms with E-state index in [9.17, 15) is 10.1 Å². The van der Waals surface area contributed by atoms with Crippen molar-refractivity contribution in [2.75, 3.05) is 9.80 Å². The SMILES string of the molecule is CC(C)c1cc(OC#N)cc(C(C)C)c1N1C(=O)c2ccc3c4c(ccc(c24)C1=O)C1=CC=C2c4cc5cc6c(cc5cc4C4=CC=C3C1C42)C=Cc1cc2cc3c(cc2cc1C=C6)-c1ccc2c4ccc5c6c(ccc(c7ccc-3c1c72)c64)C(=O)N(c1c(C(C)C)cc(N=C=O)cc1C(C)C)C5=O. The number of ether oxygens (including phenoxy) is 1. The highest BCUT2D eigenvalue weighted by atomic mass is 16.5. The third kappa shape index (κ3) is 7.78. The molecule has 0 atom stereocenters. The van der Waals surface area contributed by atoms with Crippen molar-refractivity contribution in [3.05, 3.63) is 259 Å². The standard InChI is InChI=1S/C94H62N4O6/c1-43(2)73-37-55(96-42-99)38-74(44(3)4)89(73)97-91(100)69-25-21-61-57-13-17-65-77-33-51-29-47-9-11-49-31-53-35-79-67-19-15-59-63-23-27-71-88-72(94(103)98(93(71)102)90-75(45(5)6)39-56(104-41-95)40-76(90)46(7)8)28-24-64(84(63)88)60-16-20-68(86(67)82(59)60)80(79)36-54(53)32-50(49)12-10-48(47)30-52(51)34-78(77)66-18-14-58(81(57)85(65)66)62-22-26-70(92(97)101)87(69)83(61)62/h9-40,43-46,82,86H,1-8H3. The van der Waals surface area contributed by atoms with Crippen molar-refractivity contribution in [3.8, 4) is 34.3 Å². The van der Waals surface area contributed by atoms with Crippen LogP contribution >= 0.6 is 0 Å². The van der Waals surface area contributed by atoms with Gasteiger partial charge in [-0.1, -0.05) is 153 Å². The first kappa shape index (κ1) is 60.1. The lowest BCUT2D eigenvalue weighted by Crippen LogP contribution is -2.42. The number of imide groups is 2. The van der Waals surface area contributed by atoms with E-state index in [1.165, 1.54) is 87.0 Å². The first-order valence-electron chi connectivity index (χ1n) is 36.0. The van der Waals surface area contributed by atoms with E-state index in [0.29, 0.717) is 55.8 Å². The maximum atomic E-state index is 15.1. The minimum atomic E-state index is -0.370. The Labute approximate surface area is 598 Å². The van der Waals surface area contributed by atoms with Crippen molar-refractivity contribution in [3.63, 3.8) is 0 Å². The van der Waals surface area contributed by atoms with Crippen LogP contribution in [0, 0.1) is 23.4 Å². The largest absolute Gasteiger partial charge is 0.388 e. The lowest BCUT2D eigenvalue weighted by Gasteiger charge is -2.41. The van der Waals surface area contributed by atoms with Gasteiger partial charge in [0.25, 0.3) is 29.9 Å². The highest BCUT2D eigenvalue weighted by Gasteiger charge is 2.49. The van der Waals surface area contributed by atoms with Crippen LogP contribution in [-0.4, -0.2) is 29.7 Å². The summed E-state index contributed by atoms with van der Waals surface area (Å²) in [5, 5.41) is 23.9. The van der Waals surface area contributed by atoms with Gasteiger partial charge >= 0.3 is 0 Å². The fourth-order valence-electron chi connectivity index (χ4n) is 19.4. The van der Waals surface area contributed by atoms with Crippen molar-refractivity contribution in [1.29, 1.82) is 5.26 Å². The Morgan fingerprint density at radius 3 is 1.01 bits per heavy atom. The molecule has 8 aliphatic rings. The molecule has 21 rings (SSSR count). The van der Waals surface area contributed by atoms with Crippen LogP contribution in [-0.2, 0) is 4.79 Å². The molecule has 6 aliphatic carbocycles. The maximum absolute atomic E-state index is 15.1. The summed E-state index contributed by atoms with van der Waals surface area (Å²) in [6.07, 6.45) is 21.8. The van der Waals surface area contributed by atoms with E-state index < -0.39 is 0 Å². The van der Waals surface area contributed by atoms with E-state index in [1.54, 1.807) is 36.6 Å². The zero-order valence-electron chi connectivity index (χ0n) is 58.2. The molecule has 2 aliphatic heterocycles. The Bertz CT molecular complexity index is 6400. The van der Waals surface area contributed by atoms with Gasteiger partial charge in [0.15, 0.2) is 0 Å². The zero-order chi connectivity index (χ0) is 70.6. The van der Waals surface area contributed by atoms with E-state index in [-0.39, 0.29) is 59.1 Å². The van der Waals surface area contributed by atoms with E-state index in [4.69, 9.17) is 4.74 Å². The third-order valence-corrected chi connectivity index (χ3v) is 24.0. The number of hydrogen-bond acceptors (Lipinski definition) is 8. The minimum Gasteiger partial charge on any atom is -0.388 e. The van der Waals surface area contributed by atoms with Crippen molar-refractivity contribution >= 4 is 169 Å². The van der Waals surface area contributed by atoms with Gasteiger partial charge in [-0.15, -0.1) is 5.26 Å². The van der Waals surface area contributed by atoms with E-state index in [2.05, 4.69) is 151 Å². The molecule has 0 bridgehead atoms.